The summed E-state index contributed by atoms with van der Waals surface area (Å²) in [5.74, 6) is 0. The number of likely N-dealkylation sites (N-methyl/N-ethyl adjacent to an activating group) is 2. The van der Waals surface area contributed by atoms with Gasteiger partial charge in [-0.2, -0.15) is 0 Å². The van der Waals surface area contributed by atoms with E-state index in [-0.39, 0.29) is 0 Å². The molecule has 2 atom stereocenters. The summed E-state index contributed by atoms with van der Waals surface area (Å²) >= 11 is 0. The molecule has 2 unspecified atom stereocenters. The third-order valence-corrected chi connectivity index (χ3v) is 4.04. The monoisotopic (exact) mass is 261 g/mol. The van der Waals surface area contributed by atoms with Crippen LogP contribution in [0.25, 0.3) is 0 Å². The summed E-state index contributed by atoms with van der Waals surface area (Å²) < 4.78 is 0. The molecule has 1 aromatic carbocycles. The van der Waals surface area contributed by atoms with Crippen molar-refractivity contribution in [1.82, 2.24) is 10.2 Å². The van der Waals surface area contributed by atoms with Crippen molar-refractivity contribution in [2.24, 2.45) is 0 Å². The van der Waals surface area contributed by atoms with Gasteiger partial charge in [0.1, 0.15) is 0 Å². The third-order valence-electron chi connectivity index (χ3n) is 4.04. The Morgan fingerprint density at radius 3 is 2.63 bits per heavy atom. The normalized spacial score (nSPS) is 24.8. The van der Waals surface area contributed by atoms with Gasteiger partial charge < -0.3 is 15.1 Å². The zero-order chi connectivity index (χ0) is 14.0. The first kappa shape index (κ1) is 14.4. The van der Waals surface area contributed by atoms with Crippen LogP contribution in [0, 0.1) is 13.8 Å². The Morgan fingerprint density at radius 2 is 2.00 bits per heavy atom. The molecule has 0 aromatic heterocycles. The molecule has 1 saturated heterocycles. The molecule has 2 rings (SSSR count). The zero-order valence-electron chi connectivity index (χ0n) is 12.9. The van der Waals surface area contributed by atoms with E-state index >= 15 is 0 Å². The number of hydrogen-bond acceptors (Lipinski definition) is 3. The predicted octanol–water partition coefficient (Wildman–Crippen LogP) is 2.03. The van der Waals surface area contributed by atoms with Crippen molar-refractivity contribution >= 4 is 5.69 Å². The largest absolute Gasteiger partial charge is 0.362 e. The number of piperazine rings is 1. The van der Waals surface area contributed by atoms with Crippen LogP contribution in [0.3, 0.4) is 0 Å². The summed E-state index contributed by atoms with van der Waals surface area (Å²) in [4.78, 5) is 5.04. The zero-order valence-corrected chi connectivity index (χ0v) is 12.9. The van der Waals surface area contributed by atoms with Crippen molar-refractivity contribution in [2.75, 3.05) is 38.6 Å². The van der Waals surface area contributed by atoms with E-state index in [0.717, 1.165) is 19.6 Å². The van der Waals surface area contributed by atoms with E-state index in [1.54, 1.807) is 0 Å². The number of hydrogen-bond donors (Lipinski definition) is 1. The fraction of sp³-hybridized carbons (Fsp3) is 0.625. The van der Waals surface area contributed by atoms with Crippen LogP contribution >= 0.6 is 0 Å². The SMILES string of the molecule is CNCC1CN(C)CC(C)N1c1ccc(C)cc1C. The van der Waals surface area contributed by atoms with Gasteiger partial charge in [0.2, 0.25) is 0 Å². The number of rotatable bonds is 3. The quantitative estimate of drug-likeness (QED) is 0.898. The maximum Gasteiger partial charge on any atom is 0.0544 e. The van der Waals surface area contributed by atoms with Gasteiger partial charge in [-0.3, -0.25) is 0 Å². The van der Waals surface area contributed by atoms with Crippen LogP contribution in [0.5, 0.6) is 0 Å². The second-order valence-corrected chi connectivity index (χ2v) is 5.98. The minimum absolute atomic E-state index is 0.542. The lowest BCUT2D eigenvalue weighted by Crippen LogP contribution is -2.59. The molecule has 3 heteroatoms. The summed E-state index contributed by atoms with van der Waals surface area (Å²) in [6.45, 7) is 10.0. The average Bonchev–Trinajstić information content (AvgIpc) is 2.31. The molecule has 0 bridgehead atoms. The van der Waals surface area contributed by atoms with Crippen LogP contribution in [0.1, 0.15) is 18.1 Å². The standard InChI is InChI=1S/C16H27N3/c1-12-6-7-16(13(2)8-12)19-14(3)10-18(5)11-15(19)9-17-4/h6-8,14-15,17H,9-11H2,1-5H3. The first-order valence-corrected chi connectivity index (χ1v) is 7.21. The molecule has 1 aromatic rings. The summed E-state index contributed by atoms with van der Waals surface area (Å²) in [5.41, 5.74) is 4.12. The predicted molar refractivity (Wildman–Crippen MR) is 83.1 cm³/mol. The van der Waals surface area contributed by atoms with Crippen molar-refractivity contribution in [1.29, 1.82) is 0 Å². The highest BCUT2D eigenvalue weighted by molar-refractivity contribution is 5.56. The molecule has 3 nitrogen and oxygen atoms in total. The number of anilines is 1. The fourth-order valence-electron chi connectivity index (χ4n) is 3.35. The highest BCUT2D eigenvalue weighted by Gasteiger charge is 2.30. The Kier molecular flexibility index (Phi) is 4.48. The number of aryl methyl sites for hydroxylation is 2. The summed E-state index contributed by atoms with van der Waals surface area (Å²) in [6, 6.07) is 7.90. The molecule has 1 fully saturated rings. The van der Waals surface area contributed by atoms with E-state index in [1.165, 1.54) is 16.8 Å². The maximum atomic E-state index is 3.34. The van der Waals surface area contributed by atoms with Crippen LogP contribution in [-0.2, 0) is 0 Å². The molecule has 1 heterocycles. The lowest BCUT2D eigenvalue weighted by Gasteiger charge is -2.46. The van der Waals surface area contributed by atoms with Crippen molar-refractivity contribution < 1.29 is 0 Å². The molecular formula is C16H27N3. The fourth-order valence-corrected chi connectivity index (χ4v) is 3.35. The molecule has 0 saturated carbocycles. The van der Waals surface area contributed by atoms with Crippen molar-refractivity contribution in [3.05, 3.63) is 29.3 Å². The van der Waals surface area contributed by atoms with E-state index < -0.39 is 0 Å². The van der Waals surface area contributed by atoms with Gasteiger partial charge in [-0.25, -0.2) is 0 Å². The molecular weight excluding hydrogens is 234 g/mol. The van der Waals surface area contributed by atoms with Gasteiger partial charge >= 0.3 is 0 Å². The lowest BCUT2D eigenvalue weighted by molar-refractivity contribution is 0.230. The first-order valence-electron chi connectivity index (χ1n) is 7.21. The average molecular weight is 261 g/mol. The summed E-state index contributed by atoms with van der Waals surface area (Å²) in [5, 5.41) is 3.34. The van der Waals surface area contributed by atoms with E-state index in [4.69, 9.17) is 0 Å². The van der Waals surface area contributed by atoms with Crippen molar-refractivity contribution in [2.45, 2.75) is 32.9 Å². The lowest BCUT2D eigenvalue weighted by atomic mass is 10.0. The third kappa shape index (κ3) is 3.10. The van der Waals surface area contributed by atoms with Gasteiger partial charge in [-0.05, 0) is 46.5 Å². The van der Waals surface area contributed by atoms with Gasteiger partial charge in [0.15, 0.2) is 0 Å². The Balaban J connectivity index is 2.32. The molecule has 0 spiro atoms. The molecule has 0 radical (unpaired) electrons. The maximum absolute atomic E-state index is 3.34. The minimum atomic E-state index is 0.542. The Hall–Kier alpha value is -1.06. The van der Waals surface area contributed by atoms with Crippen LogP contribution in [0.15, 0.2) is 18.2 Å². The summed E-state index contributed by atoms with van der Waals surface area (Å²) in [7, 11) is 4.26. The van der Waals surface area contributed by atoms with Crippen LogP contribution in [-0.4, -0.2) is 50.7 Å². The molecule has 0 amide bonds. The molecule has 1 N–H and O–H groups in total. The van der Waals surface area contributed by atoms with Gasteiger partial charge in [-0.15, -0.1) is 0 Å². The van der Waals surface area contributed by atoms with Gasteiger partial charge in [0.25, 0.3) is 0 Å². The van der Waals surface area contributed by atoms with E-state index in [9.17, 15) is 0 Å². The van der Waals surface area contributed by atoms with E-state index in [2.05, 4.69) is 61.1 Å². The molecule has 1 aliphatic heterocycles. The Morgan fingerprint density at radius 1 is 1.26 bits per heavy atom. The Bertz CT molecular complexity index is 430. The summed E-state index contributed by atoms with van der Waals surface area (Å²) in [6.07, 6.45) is 0. The molecule has 106 valence electrons. The smallest absolute Gasteiger partial charge is 0.0544 e. The molecule has 0 aliphatic carbocycles. The minimum Gasteiger partial charge on any atom is -0.362 e. The second kappa shape index (κ2) is 5.93. The number of nitrogens with one attached hydrogen (secondary N) is 1. The van der Waals surface area contributed by atoms with Gasteiger partial charge in [0.05, 0.1) is 6.04 Å². The molecule has 19 heavy (non-hydrogen) atoms. The van der Waals surface area contributed by atoms with Crippen LogP contribution < -0.4 is 10.2 Å². The van der Waals surface area contributed by atoms with Crippen molar-refractivity contribution in [3.63, 3.8) is 0 Å². The van der Waals surface area contributed by atoms with Gasteiger partial charge in [-0.1, -0.05) is 17.7 Å². The Labute approximate surface area is 117 Å². The van der Waals surface area contributed by atoms with Crippen LogP contribution in [0.2, 0.25) is 0 Å². The molecule has 1 aliphatic rings. The van der Waals surface area contributed by atoms with Crippen LogP contribution in [0.4, 0.5) is 5.69 Å². The van der Waals surface area contributed by atoms with Crippen molar-refractivity contribution in [3.8, 4) is 0 Å². The number of benzene rings is 1. The van der Waals surface area contributed by atoms with E-state index in [0.29, 0.717) is 12.1 Å². The first-order chi connectivity index (χ1) is 9.02. The highest BCUT2D eigenvalue weighted by Crippen LogP contribution is 2.28. The number of nitrogens with zero attached hydrogens (tertiary/aromatic N) is 2. The second-order valence-electron chi connectivity index (χ2n) is 5.98. The van der Waals surface area contributed by atoms with E-state index in [1.807, 2.05) is 7.05 Å². The highest BCUT2D eigenvalue weighted by atomic mass is 15.3. The topological polar surface area (TPSA) is 18.5 Å². The van der Waals surface area contributed by atoms with Gasteiger partial charge in [0, 0.05) is 31.4 Å².